The van der Waals surface area contributed by atoms with Gasteiger partial charge in [0.2, 0.25) is 0 Å². The molecule has 0 saturated carbocycles. The van der Waals surface area contributed by atoms with Crippen LogP contribution < -0.4 is 0 Å². The highest BCUT2D eigenvalue weighted by molar-refractivity contribution is 6.01. The Kier molecular flexibility index (Phi) is 3.46. The van der Waals surface area contributed by atoms with E-state index in [-0.39, 0.29) is 0 Å². The van der Waals surface area contributed by atoms with E-state index < -0.39 is 0 Å². The van der Waals surface area contributed by atoms with Gasteiger partial charge >= 0.3 is 0 Å². The zero-order valence-electron chi connectivity index (χ0n) is 9.80. The minimum absolute atomic E-state index is 0.778. The Morgan fingerprint density at radius 2 is 1.65 bits per heavy atom. The van der Waals surface area contributed by atoms with E-state index in [1.54, 1.807) is 12.4 Å². The molecule has 2 nitrogen and oxygen atoms in total. The molecule has 0 spiro atoms. The molecule has 0 unspecified atom stereocenters. The van der Waals surface area contributed by atoms with E-state index in [0.29, 0.717) is 0 Å². The number of hydrogen-bond donors (Lipinski definition) is 0. The van der Waals surface area contributed by atoms with Crippen LogP contribution in [0.1, 0.15) is 18.1 Å². The lowest BCUT2D eigenvalue weighted by molar-refractivity contribution is 1.32. The Labute approximate surface area is 101 Å². The number of hydrogen-bond acceptors (Lipinski definition) is 2. The largest absolute Gasteiger partial charge is 0.265 e. The van der Waals surface area contributed by atoms with E-state index in [9.17, 15) is 0 Å². The third-order valence-corrected chi connectivity index (χ3v) is 2.51. The predicted octanol–water partition coefficient (Wildman–Crippen LogP) is 3.56. The predicted molar refractivity (Wildman–Crippen MR) is 71.9 cm³/mol. The molecule has 0 aliphatic rings. The normalized spacial score (nSPS) is 11.2. The first-order valence-electron chi connectivity index (χ1n) is 5.47. The van der Waals surface area contributed by atoms with E-state index >= 15 is 0 Å². The van der Waals surface area contributed by atoms with Crippen molar-refractivity contribution in [2.75, 3.05) is 0 Å². The second-order valence-electron chi connectivity index (χ2n) is 3.75. The van der Waals surface area contributed by atoms with Gasteiger partial charge in [0.25, 0.3) is 0 Å². The standard InChI is InChI=1S/C15H14N2/c1-12(14-6-4-3-5-7-14)17-13(2)15-8-10-16-11-9-15/h3-11H,1H2,2H3. The van der Waals surface area contributed by atoms with Crippen LogP contribution in [0.3, 0.4) is 0 Å². The van der Waals surface area contributed by atoms with Gasteiger partial charge in [0, 0.05) is 18.1 Å². The quantitative estimate of drug-likeness (QED) is 0.729. The zero-order valence-corrected chi connectivity index (χ0v) is 9.80. The van der Waals surface area contributed by atoms with Gasteiger partial charge in [-0.05, 0) is 30.2 Å². The summed E-state index contributed by atoms with van der Waals surface area (Å²) in [7, 11) is 0. The number of benzene rings is 1. The summed E-state index contributed by atoms with van der Waals surface area (Å²) in [5.41, 5.74) is 3.83. The first-order valence-corrected chi connectivity index (χ1v) is 5.47. The molecule has 2 heteroatoms. The molecule has 1 aromatic carbocycles. The van der Waals surface area contributed by atoms with Crippen LogP contribution in [0.2, 0.25) is 0 Å². The first kappa shape index (κ1) is 11.3. The average Bonchev–Trinajstić information content (AvgIpc) is 2.40. The highest BCUT2D eigenvalue weighted by Gasteiger charge is 1.99. The van der Waals surface area contributed by atoms with Crippen LogP contribution >= 0.6 is 0 Å². The molecule has 0 saturated heterocycles. The maximum absolute atomic E-state index is 4.51. The van der Waals surface area contributed by atoms with Gasteiger partial charge in [0.05, 0.1) is 5.70 Å². The molecule has 17 heavy (non-hydrogen) atoms. The topological polar surface area (TPSA) is 25.2 Å². The van der Waals surface area contributed by atoms with Crippen molar-refractivity contribution in [3.63, 3.8) is 0 Å². The minimum Gasteiger partial charge on any atom is -0.265 e. The van der Waals surface area contributed by atoms with Crippen LogP contribution in [-0.2, 0) is 0 Å². The Morgan fingerprint density at radius 1 is 1.00 bits per heavy atom. The van der Waals surface area contributed by atoms with Crippen LogP contribution in [0.5, 0.6) is 0 Å². The zero-order chi connectivity index (χ0) is 12.1. The summed E-state index contributed by atoms with van der Waals surface area (Å²) < 4.78 is 0. The van der Waals surface area contributed by atoms with Crippen LogP contribution in [0.15, 0.2) is 66.4 Å². The summed E-state index contributed by atoms with van der Waals surface area (Å²) in [4.78, 5) is 8.50. The SMILES string of the molecule is C=C(N=C(C)c1ccncc1)c1ccccc1. The fourth-order valence-corrected chi connectivity index (χ4v) is 1.56. The lowest BCUT2D eigenvalue weighted by Gasteiger charge is -2.03. The minimum atomic E-state index is 0.778. The molecule has 0 fully saturated rings. The third kappa shape index (κ3) is 2.88. The molecule has 0 atom stereocenters. The van der Waals surface area contributed by atoms with E-state index in [1.807, 2.05) is 49.4 Å². The van der Waals surface area contributed by atoms with Crippen molar-refractivity contribution in [1.82, 2.24) is 4.98 Å². The van der Waals surface area contributed by atoms with E-state index in [0.717, 1.165) is 22.5 Å². The fraction of sp³-hybridized carbons (Fsp3) is 0.0667. The van der Waals surface area contributed by atoms with Crippen LogP contribution in [0, 0.1) is 0 Å². The molecule has 2 rings (SSSR count). The van der Waals surface area contributed by atoms with E-state index in [2.05, 4.69) is 16.6 Å². The van der Waals surface area contributed by atoms with E-state index in [4.69, 9.17) is 0 Å². The number of rotatable bonds is 3. The van der Waals surface area contributed by atoms with Crippen LogP contribution in [-0.4, -0.2) is 10.7 Å². The summed E-state index contributed by atoms with van der Waals surface area (Å²) in [6.45, 7) is 5.96. The van der Waals surface area contributed by atoms with Gasteiger partial charge in [-0.1, -0.05) is 36.9 Å². The van der Waals surface area contributed by atoms with Gasteiger partial charge in [-0.3, -0.25) is 9.98 Å². The van der Waals surface area contributed by atoms with Crippen molar-refractivity contribution in [3.8, 4) is 0 Å². The summed E-state index contributed by atoms with van der Waals surface area (Å²) in [5.74, 6) is 0. The second-order valence-corrected chi connectivity index (χ2v) is 3.75. The van der Waals surface area contributed by atoms with Crippen molar-refractivity contribution < 1.29 is 0 Å². The average molecular weight is 222 g/mol. The van der Waals surface area contributed by atoms with Crippen molar-refractivity contribution in [2.45, 2.75) is 6.92 Å². The van der Waals surface area contributed by atoms with Gasteiger partial charge in [0.1, 0.15) is 0 Å². The molecule has 0 bridgehead atoms. The maximum Gasteiger partial charge on any atom is 0.0633 e. The van der Waals surface area contributed by atoms with Crippen molar-refractivity contribution in [1.29, 1.82) is 0 Å². The molecule has 0 radical (unpaired) electrons. The Hall–Kier alpha value is -2.22. The molecule has 1 heterocycles. The van der Waals surface area contributed by atoms with Gasteiger partial charge in [-0.15, -0.1) is 0 Å². The second kappa shape index (κ2) is 5.21. The highest BCUT2D eigenvalue weighted by atomic mass is 14.8. The van der Waals surface area contributed by atoms with Gasteiger partial charge in [0.15, 0.2) is 0 Å². The summed E-state index contributed by atoms with van der Waals surface area (Å²) >= 11 is 0. The van der Waals surface area contributed by atoms with Crippen molar-refractivity contribution in [2.24, 2.45) is 4.99 Å². The highest BCUT2D eigenvalue weighted by Crippen LogP contribution is 2.14. The first-order chi connectivity index (χ1) is 8.27. The molecule has 84 valence electrons. The van der Waals surface area contributed by atoms with Crippen LogP contribution in [0.25, 0.3) is 5.70 Å². The summed E-state index contributed by atoms with van der Waals surface area (Å²) in [6.07, 6.45) is 3.53. The number of nitrogens with zero attached hydrogens (tertiary/aromatic N) is 2. The molecule has 0 aliphatic heterocycles. The van der Waals surface area contributed by atoms with Gasteiger partial charge < -0.3 is 0 Å². The van der Waals surface area contributed by atoms with Crippen molar-refractivity contribution in [3.05, 3.63) is 72.6 Å². The fourth-order valence-electron chi connectivity index (χ4n) is 1.56. The molecular weight excluding hydrogens is 208 g/mol. The molecule has 0 N–H and O–H groups in total. The molecule has 0 aliphatic carbocycles. The summed E-state index contributed by atoms with van der Waals surface area (Å²) in [5, 5.41) is 0. The maximum atomic E-state index is 4.51. The van der Waals surface area contributed by atoms with Crippen molar-refractivity contribution >= 4 is 11.4 Å². The monoisotopic (exact) mass is 222 g/mol. The molecule has 2 aromatic rings. The third-order valence-electron chi connectivity index (χ3n) is 2.51. The van der Waals surface area contributed by atoms with E-state index in [1.165, 1.54) is 0 Å². The molecular formula is C15H14N2. The van der Waals surface area contributed by atoms with Gasteiger partial charge in [-0.25, -0.2) is 0 Å². The molecule has 0 amide bonds. The summed E-state index contributed by atoms with van der Waals surface area (Å²) in [6, 6.07) is 13.8. The number of pyridine rings is 1. The lowest BCUT2D eigenvalue weighted by Crippen LogP contribution is -1.95. The molecule has 1 aromatic heterocycles. The Bertz CT molecular complexity index is 527. The smallest absolute Gasteiger partial charge is 0.0633 e. The Morgan fingerprint density at radius 3 is 2.29 bits per heavy atom. The lowest BCUT2D eigenvalue weighted by atomic mass is 10.1. The number of aromatic nitrogens is 1. The van der Waals surface area contributed by atoms with Crippen LogP contribution in [0.4, 0.5) is 0 Å². The Balaban J connectivity index is 2.24. The van der Waals surface area contributed by atoms with Gasteiger partial charge in [-0.2, -0.15) is 0 Å². The number of aliphatic imine (C=N–C) groups is 1.